The third-order valence-electron chi connectivity index (χ3n) is 3.64. The number of carbonyl (C=O) groups is 2. The zero-order chi connectivity index (χ0) is 14.8. The number of nitrogens with zero attached hydrogens (tertiary/aromatic N) is 1. The van der Waals surface area contributed by atoms with Gasteiger partial charge in [0.2, 0.25) is 5.91 Å². The number of nitrogens with one attached hydrogen (secondary N) is 1. The maximum atomic E-state index is 12.5. The van der Waals surface area contributed by atoms with Crippen molar-refractivity contribution in [2.75, 3.05) is 10.2 Å². The van der Waals surface area contributed by atoms with Crippen molar-refractivity contribution < 1.29 is 9.59 Å². The first-order valence-electron chi connectivity index (χ1n) is 6.91. The molecule has 0 aliphatic carbocycles. The molecule has 1 fully saturated rings. The molecule has 0 bridgehead atoms. The summed E-state index contributed by atoms with van der Waals surface area (Å²) in [5.74, 6) is -0.369. The van der Waals surface area contributed by atoms with Gasteiger partial charge in [-0.3, -0.25) is 9.59 Å². The molecule has 4 nitrogen and oxygen atoms in total. The molecule has 3 rings (SSSR count). The van der Waals surface area contributed by atoms with Crippen LogP contribution in [0.25, 0.3) is 0 Å². The Morgan fingerprint density at radius 1 is 1.00 bits per heavy atom. The number of anilines is 2. The number of aryl methyl sites for hydroxylation is 1. The van der Waals surface area contributed by atoms with Gasteiger partial charge in [-0.2, -0.15) is 0 Å². The van der Waals surface area contributed by atoms with Crippen LogP contribution in [0.2, 0.25) is 0 Å². The number of carbonyl (C=O) groups excluding carboxylic acids is 2. The van der Waals surface area contributed by atoms with E-state index in [4.69, 9.17) is 0 Å². The number of imide groups is 1. The molecule has 106 valence electrons. The van der Waals surface area contributed by atoms with E-state index in [0.29, 0.717) is 5.69 Å². The Morgan fingerprint density at radius 2 is 1.67 bits per heavy atom. The predicted octanol–water partition coefficient (Wildman–Crippen LogP) is 2.74. The Labute approximate surface area is 123 Å². The summed E-state index contributed by atoms with van der Waals surface area (Å²) >= 11 is 0. The van der Waals surface area contributed by atoms with Crippen molar-refractivity contribution in [3.05, 3.63) is 60.2 Å². The van der Waals surface area contributed by atoms with E-state index in [1.165, 1.54) is 4.90 Å². The number of hydrogen-bond donors (Lipinski definition) is 1. The number of para-hydroxylation sites is 2. The average molecular weight is 280 g/mol. The minimum absolute atomic E-state index is 0.169. The molecule has 1 aliphatic heterocycles. The van der Waals surface area contributed by atoms with Gasteiger partial charge in [0, 0.05) is 5.69 Å². The number of amides is 2. The van der Waals surface area contributed by atoms with Crippen molar-refractivity contribution in [2.24, 2.45) is 0 Å². The Balaban J connectivity index is 1.83. The van der Waals surface area contributed by atoms with Crippen LogP contribution in [0.1, 0.15) is 12.0 Å². The number of rotatable bonds is 3. The highest BCUT2D eigenvalue weighted by Gasteiger charge is 2.39. The molecule has 2 aromatic carbocycles. The van der Waals surface area contributed by atoms with Crippen LogP contribution in [-0.4, -0.2) is 17.9 Å². The second-order valence-corrected chi connectivity index (χ2v) is 5.12. The molecule has 1 N–H and O–H groups in total. The van der Waals surface area contributed by atoms with Crippen LogP contribution in [0.4, 0.5) is 11.4 Å². The second-order valence-electron chi connectivity index (χ2n) is 5.12. The Morgan fingerprint density at radius 3 is 2.38 bits per heavy atom. The molecule has 4 heteroatoms. The molecule has 1 atom stereocenters. The van der Waals surface area contributed by atoms with E-state index in [0.717, 1.165) is 11.3 Å². The molecule has 1 unspecified atom stereocenters. The van der Waals surface area contributed by atoms with Gasteiger partial charge in [-0.05, 0) is 30.7 Å². The van der Waals surface area contributed by atoms with Crippen molar-refractivity contribution in [1.82, 2.24) is 0 Å². The fraction of sp³-hybridized carbons (Fsp3) is 0.176. The summed E-state index contributed by atoms with van der Waals surface area (Å²) in [4.78, 5) is 25.9. The fourth-order valence-corrected chi connectivity index (χ4v) is 2.52. The minimum atomic E-state index is -0.501. The first-order valence-corrected chi connectivity index (χ1v) is 6.91. The molecular formula is C17H16N2O2. The van der Waals surface area contributed by atoms with Crippen molar-refractivity contribution in [3.8, 4) is 0 Å². The zero-order valence-electron chi connectivity index (χ0n) is 11.7. The lowest BCUT2D eigenvalue weighted by molar-refractivity contribution is -0.121. The summed E-state index contributed by atoms with van der Waals surface area (Å²) in [6.45, 7) is 1.97. The molecule has 0 spiro atoms. The third-order valence-corrected chi connectivity index (χ3v) is 3.64. The van der Waals surface area contributed by atoms with Crippen molar-refractivity contribution in [2.45, 2.75) is 19.4 Å². The van der Waals surface area contributed by atoms with Crippen LogP contribution in [0.3, 0.4) is 0 Å². The van der Waals surface area contributed by atoms with E-state index in [1.54, 1.807) is 12.1 Å². The minimum Gasteiger partial charge on any atom is -0.373 e. The van der Waals surface area contributed by atoms with Crippen molar-refractivity contribution >= 4 is 23.2 Å². The largest absolute Gasteiger partial charge is 0.373 e. The van der Waals surface area contributed by atoms with Crippen molar-refractivity contribution in [1.29, 1.82) is 0 Å². The lowest BCUT2D eigenvalue weighted by Crippen LogP contribution is -2.34. The fourth-order valence-electron chi connectivity index (χ4n) is 2.52. The Hall–Kier alpha value is -2.62. The van der Waals surface area contributed by atoms with Crippen LogP contribution in [0.5, 0.6) is 0 Å². The van der Waals surface area contributed by atoms with E-state index < -0.39 is 6.04 Å². The predicted molar refractivity (Wildman–Crippen MR) is 82.1 cm³/mol. The van der Waals surface area contributed by atoms with Gasteiger partial charge in [-0.25, -0.2) is 4.90 Å². The van der Waals surface area contributed by atoms with Gasteiger partial charge in [0.1, 0.15) is 6.04 Å². The lowest BCUT2D eigenvalue weighted by Gasteiger charge is -2.16. The normalized spacial score (nSPS) is 18.1. The molecule has 0 radical (unpaired) electrons. The standard InChI is InChI=1S/C17H16N2O2/c1-12-7-5-6-10-14(12)18-15-11-16(20)19(17(15)21)13-8-3-2-4-9-13/h2-10,15,18H,11H2,1H3. The van der Waals surface area contributed by atoms with Crippen LogP contribution < -0.4 is 10.2 Å². The SMILES string of the molecule is Cc1ccccc1NC1CC(=O)N(c2ccccc2)C1=O. The summed E-state index contributed by atoms with van der Waals surface area (Å²) in [6, 6.07) is 16.3. The summed E-state index contributed by atoms with van der Waals surface area (Å²) in [5, 5.41) is 3.18. The first-order chi connectivity index (χ1) is 10.2. The summed E-state index contributed by atoms with van der Waals surface area (Å²) < 4.78 is 0. The highest BCUT2D eigenvalue weighted by atomic mass is 16.2. The maximum absolute atomic E-state index is 12.5. The maximum Gasteiger partial charge on any atom is 0.256 e. The Bertz CT molecular complexity index is 682. The molecular weight excluding hydrogens is 264 g/mol. The molecule has 21 heavy (non-hydrogen) atoms. The summed E-state index contributed by atoms with van der Waals surface area (Å²) in [5.41, 5.74) is 2.57. The second kappa shape index (κ2) is 5.40. The van der Waals surface area contributed by atoms with Crippen LogP contribution in [0.15, 0.2) is 54.6 Å². The first kappa shape index (κ1) is 13.4. The van der Waals surface area contributed by atoms with Crippen LogP contribution in [0, 0.1) is 6.92 Å². The third kappa shape index (κ3) is 2.52. The topological polar surface area (TPSA) is 49.4 Å². The molecule has 1 heterocycles. The van der Waals surface area contributed by atoms with Gasteiger partial charge in [-0.1, -0.05) is 36.4 Å². The van der Waals surface area contributed by atoms with Crippen LogP contribution in [-0.2, 0) is 9.59 Å². The van der Waals surface area contributed by atoms with E-state index in [9.17, 15) is 9.59 Å². The summed E-state index contributed by atoms with van der Waals surface area (Å²) in [6.07, 6.45) is 0.183. The average Bonchev–Trinajstić information content (AvgIpc) is 2.77. The highest BCUT2D eigenvalue weighted by molar-refractivity contribution is 6.23. The molecule has 0 saturated carbocycles. The molecule has 1 aliphatic rings. The van der Waals surface area contributed by atoms with Gasteiger partial charge >= 0.3 is 0 Å². The van der Waals surface area contributed by atoms with E-state index in [-0.39, 0.29) is 18.2 Å². The van der Waals surface area contributed by atoms with Crippen molar-refractivity contribution in [3.63, 3.8) is 0 Å². The quantitative estimate of drug-likeness (QED) is 0.879. The Kier molecular flexibility index (Phi) is 3.44. The highest BCUT2D eigenvalue weighted by Crippen LogP contribution is 2.25. The van der Waals surface area contributed by atoms with Crippen LogP contribution >= 0.6 is 0 Å². The molecule has 1 saturated heterocycles. The van der Waals surface area contributed by atoms with Gasteiger partial charge in [0.05, 0.1) is 12.1 Å². The molecule has 2 aromatic rings. The monoisotopic (exact) mass is 280 g/mol. The number of hydrogen-bond acceptors (Lipinski definition) is 3. The van der Waals surface area contributed by atoms with Gasteiger partial charge < -0.3 is 5.32 Å². The lowest BCUT2D eigenvalue weighted by atomic mass is 10.1. The molecule has 2 amide bonds. The van der Waals surface area contributed by atoms with E-state index in [2.05, 4.69) is 5.32 Å². The van der Waals surface area contributed by atoms with Gasteiger partial charge in [0.15, 0.2) is 0 Å². The smallest absolute Gasteiger partial charge is 0.256 e. The van der Waals surface area contributed by atoms with Gasteiger partial charge in [0.25, 0.3) is 5.91 Å². The van der Waals surface area contributed by atoms with E-state index >= 15 is 0 Å². The number of benzene rings is 2. The zero-order valence-corrected chi connectivity index (χ0v) is 11.7. The molecule has 0 aromatic heterocycles. The summed E-state index contributed by atoms with van der Waals surface area (Å²) in [7, 11) is 0. The van der Waals surface area contributed by atoms with E-state index in [1.807, 2.05) is 49.4 Å². The van der Waals surface area contributed by atoms with Gasteiger partial charge in [-0.15, -0.1) is 0 Å².